The first-order chi connectivity index (χ1) is 8.58. The molecule has 5 heteroatoms. The fourth-order valence-corrected chi connectivity index (χ4v) is 1.84. The van der Waals surface area contributed by atoms with Crippen molar-refractivity contribution in [2.45, 2.75) is 20.4 Å². The quantitative estimate of drug-likeness (QED) is 0.817. The van der Waals surface area contributed by atoms with Gasteiger partial charge >= 0.3 is 0 Å². The first-order valence-electron chi connectivity index (χ1n) is 6.24. The lowest BCUT2D eigenvalue weighted by molar-refractivity contribution is -0.131. The predicted molar refractivity (Wildman–Crippen MR) is 72.9 cm³/mol. The van der Waals surface area contributed by atoms with Crippen molar-refractivity contribution in [3.8, 4) is 0 Å². The van der Waals surface area contributed by atoms with Crippen LogP contribution in [0.5, 0.6) is 0 Å². The number of aromatic nitrogens is 1. The summed E-state index contributed by atoms with van der Waals surface area (Å²) in [6.45, 7) is 6.50. The minimum atomic E-state index is 0.143. The number of likely N-dealkylation sites (N-methyl/N-ethyl adjacent to an activating group) is 2. The molecule has 0 atom stereocenters. The van der Waals surface area contributed by atoms with Gasteiger partial charge in [-0.25, -0.2) is 4.98 Å². The van der Waals surface area contributed by atoms with Crippen LogP contribution < -0.4 is 5.73 Å². The average Bonchev–Trinajstić information content (AvgIpc) is 2.33. The molecule has 0 aliphatic carbocycles. The lowest BCUT2D eigenvalue weighted by Crippen LogP contribution is -2.38. The zero-order chi connectivity index (χ0) is 13.5. The molecule has 100 valence electrons. The Morgan fingerprint density at radius 2 is 2.06 bits per heavy atom. The van der Waals surface area contributed by atoms with E-state index in [4.69, 9.17) is 5.73 Å². The van der Waals surface area contributed by atoms with Crippen molar-refractivity contribution in [1.82, 2.24) is 14.8 Å². The first kappa shape index (κ1) is 14.4. The van der Waals surface area contributed by atoms with Crippen LogP contribution in [0.1, 0.15) is 19.4 Å². The predicted octanol–water partition coefficient (Wildman–Crippen LogP) is 0.964. The molecule has 0 aromatic carbocycles. The Morgan fingerprint density at radius 3 is 2.61 bits per heavy atom. The van der Waals surface area contributed by atoms with E-state index in [9.17, 15) is 4.79 Å². The number of anilines is 1. The van der Waals surface area contributed by atoms with Crippen LogP contribution >= 0.6 is 0 Å². The number of pyridine rings is 1. The van der Waals surface area contributed by atoms with Crippen molar-refractivity contribution in [3.63, 3.8) is 0 Å². The molecule has 0 bridgehead atoms. The number of nitrogens with two attached hydrogens (primary N) is 1. The Morgan fingerprint density at radius 1 is 1.39 bits per heavy atom. The minimum absolute atomic E-state index is 0.143. The van der Waals surface area contributed by atoms with E-state index in [2.05, 4.69) is 4.98 Å². The summed E-state index contributed by atoms with van der Waals surface area (Å²) in [6, 6.07) is 3.78. The van der Waals surface area contributed by atoms with Crippen molar-refractivity contribution in [3.05, 3.63) is 23.9 Å². The normalized spacial score (nSPS) is 10.7. The molecule has 0 fully saturated rings. The molecule has 1 aromatic heterocycles. The average molecular weight is 250 g/mol. The van der Waals surface area contributed by atoms with Crippen molar-refractivity contribution >= 4 is 11.7 Å². The zero-order valence-corrected chi connectivity index (χ0v) is 11.4. The van der Waals surface area contributed by atoms with Crippen molar-refractivity contribution in [2.24, 2.45) is 0 Å². The van der Waals surface area contributed by atoms with Gasteiger partial charge in [-0.2, -0.15) is 0 Å². The summed E-state index contributed by atoms with van der Waals surface area (Å²) in [6.07, 6.45) is 1.67. The summed E-state index contributed by atoms with van der Waals surface area (Å²) >= 11 is 0. The van der Waals surface area contributed by atoms with Gasteiger partial charge in [-0.1, -0.05) is 6.07 Å². The van der Waals surface area contributed by atoms with Gasteiger partial charge in [-0.3, -0.25) is 9.69 Å². The van der Waals surface area contributed by atoms with Gasteiger partial charge in [-0.15, -0.1) is 0 Å². The molecule has 0 radical (unpaired) electrons. The van der Waals surface area contributed by atoms with Crippen LogP contribution in [-0.4, -0.2) is 47.4 Å². The standard InChI is InChI=1S/C13H22N4O/c1-4-17(5-2)12(18)10-16(3)9-11-7-6-8-15-13(11)14/h6-8H,4-5,9-10H2,1-3H3,(H2,14,15). The summed E-state index contributed by atoms with van der Waals surface area (Å²) in [5.41, 5.74) is 6.73. The Labute approximate surface area is 109 Å². The smallest absolute Gasteiger partial charge is 0.236 e. The summed E-state index contributed by atoms with van der Waals surface area (Å²) in [4.78, 5) is 19.7. The van der Waals surface area contributed by atoms with Gasteiger partial charge in [0.05, 0.1) is 6.54 Å². The molecule has 1 aromatic rings. The van der Waals surface area contributed by atoms with E-state index in [1.807, 2.05) is 42.8 Å². The van der Waals surface area contributed by atoms with E-state index in [1.54, 1.807) is 6.20 Å². The van der Waals surface area contributed by atoms with E-state index in [0.717, 1.165) is 18.7 Å². The second-order valence-corrected chi connectivity index (χ2v) is 4.29. The molecule has 1 amide bonds. The number of carbonyl (C=O) groups excluding carboxylic acids is 1. The maximum atomic E-state index is 11.9. The summed E-state index contributed by atoms with van der Waals surface area (Å²) < 4.78 is 0. The lowest BCUT2D eigenvalue weighted by atomic mass is 10.2. The third kappa shape index (κ3) is 4.00. The highest BCUT2D eigenvalue weighted by molar-refractivity contribution is 5.78. The third-order valence-corrected chi connectivity index (χ3v) is 2.89. The Bertz CT molecular complexity index is 390. The van der Waals surface area contributed by atoms with E-state index in [-0.39, 0.29) is 5.91 Å². The molecule has 0 saturated carbocycles. The van der Waals surface area contributed by atoms with Crippen LogP contribution in [0, 0.1) is 0 Å². The van der Waals surface area contributed by atoms with Gasteiger partial charge < -0.3 is 10.6 Å². The molecule has 18 heavy (non-hydrogen) atoms. The first-order valence-corrected chi connectivity index (χ1v) is 6.24. The second kappa shape index (κ2) is 6.96. The number of rotatable bonds is 6. The SMILES string of the molecule is CCN(CC)C(=O)CN(C)Cc1cccnc1N. The summed E-state index contributed by atoms with van der Waals surface area (Å²) in [5.74, 6) is 0.671. The Kier molecular flexibility index (Phi) is 5.58. The zero-order valence-electron chi connectivity index (χ0n) is 11.4. The van der Waals surface area contributed by atoms with Crippen molar-refractivity contribution in [1.29, 1.82) is 0 Å². The topological polar surface area (TPSA) is 62.5 Å². The minimum Gasteiger partial charge on any atom is -0.383 e. The van der Waals surface area contributed by atoms with E-state index in [1.165, 1.54) is 0 Å². The maximum Gasteiger partial charge on any atom is 0.236 e. The van der Waals surface area contributed by atoms with Crippen LogP contribution in [0.15, 0.2) is 18.3 Å². The van der Waals surface area contributed by atoms with Crippen LogP contribution in [0.4, 0.5) is 5.82 Å². The number of amides is 1. The molecule has 0 saturated heterocycles. The van der Waals surface area contributed by atoms with Gasteiger partial charge in [-0.05, 0) is 27.0 Å². The van der Waals surface area contributed by atoms with Crippen molar-refractivity contribution < 1.29 is 4.79 Å². The molecular weight excluding hydrogens is 228 g/mol. The highest BCUT2D eigenvalue weighted by atomic mass is 16.2. The summed E-state index contributed by atoms with van der Waals surface area (Å²) in [5, 5.41) is 0. The molecule has 1 heterocycles. The molecule has 1 rings (SSSR count). The highest BCUT2D eigenvalue weighted by Gasteiger charge is 2.13. The van der Waals surface area contributed by atoms with Gasteiger partial charge in [0.1, 0.15) is 5.82 Å². The monoisotopic (exact) mass is 250 g/mol. The van der Waals surface area contributed by atoms with Gasteiger partial charge in [0.2, 0.25) is 5.91 Å². The van der Waals surface area contributed by atoms with Gasteiger partial charge in [0.15, 0.2) is 0 Å². The number of nitrogens with zero attached hydrogens (tertiary/aromatic N) is 3. The Balaban J connectivity index is 2.54. The fraction of sp³-hybridized carbons (Fsp3) is 0.538. The molecule has 0 spiro atoms. The molecule has 0 aliphatic rings. The molecule has 0 unspecified atom stereocenters. The summed E-state index contributed by atoms with van der Waals surface area (Å²) in [7, 11) is 1.91. The van der Waals surface area contributed by atoms with Crippen LogP contribution in [0.2, 0.25) is 0 Å². The number of carbonyl (C=O) groups is 1. The fourth-order valence-electron chi connectivity index (χ4n) is 1.84. The van der Waals surface area contributed by atoms with E-state index >= 15 is 0 Å². The molecule has 2 N–H and O–H groups in total. The van der Waals surface area contributed by atoms with Crippen molar-refractivity contribution in [2.75, 3.05) is 32.4 Å². The largest absolute Gasteiger partial charge is 0.383 e. The van der Waals surface area contributed by atoms with Crippen LogP contribution in [0.25, 0.3) is 0 Å². The van der Waals surface area contributed by atoms with Crippen LogP contribution in [0.3, 0.4) is 0 Å². The number of hydrogen-bond acceptors (Lipinski definition) is 4. The Hall–Kier alpha value is -1.62. The molecule has 0 aliphatic heterocycles. The third-order valence-electron chi connectivity index (χ3n) is 2.89. The second-order valence-electron chi connectivity index (χ2n) is 4.29. The van der Waals surface area contributed by atoms with Gasteiger partial charge in [0, 0.05) is 31.4 Å². The molecule has 5 nitrogen and oxygen atoms in total. The maximum absolute atomic E-state index is 11.9. The van der Waals surface area contributed by atoms with E-state index < -0.39 is 0 Å². The number of hydrogen-bond donors (Lipinski definition) is 1. The molecular formula is C13H22N4O. The van der Waals surface area contributed by atoms with Crippen LogP contribution in [-0.2, 0) is 11.3 Å². The highest BCUT2D eigenvalue weighted by Crippen LogP contribution is 2.09. The van der Waals surface area contributed by atoms with E-state index in [0.29, 0.717) is 18.9 Å². The lowest BCUT2D eigenvalue weighted by Gasteiger charge is -2.23. The number of nitrogen functional groups attached to an aromatic ring is 1. The van der Waals surface area contributed by atoms with Gasteiger partial charge in [0.25, 0.3) is 0 Å².